The molecule has 19 heavy (non-hydrogen) atoms. The van der Waals surface area contributed by atoms with Crippen LogP contribution in [-0.4, -0.2) is 36.6 Å². The summed E-state index contributed by atoms with van der Waals surface area (Å²) in [6.45, 7) is 0. The van der Waals surface area contributed by atoms with Crippen LogP contribution in [0.4, 0.5) is 5.69 Å². The van der Waals surface area contributed by atoms with Crippen molar-refractivity contribution in [3.8, 4) is 0 Å². The Morgan fingerprint density at radius 1 is 1.26 bits per heavy atom. The average molecular weight is 285 g/mol. The van der Waals surface area contributed by atoms with Crippen molar-refractivity contribution in [1.82, 2.24) is 0 Å². The van der Waals surface area contributed by atoms with E-state index < -0.39 is 27.5 Å². The molecular formula is C11H11NO6S. The number of carbonyl (C=O) groups excluding carboxylic acids is 1. The topological polar surface area (TPSA) is 121 Å². The second-order valence-electron chi connectivity index (χ2n) is 3.65. The van der Waals surface area contributed by atoms with E-state index in [9.17, 15) is 23.1 Å². The van der Waals surface area contributed by atoms with Gasteiger partial charge in [-0.2, -0.15) is 0 Å². The fourth-order valence-corrected chi connectivity index (χ4v) is 1.78. The van der Waals surface area contributed by atoms with Crippen LogP contribution < -0.4 is 4.72 Å². The number of carboxylic acid groups (broad SMARTS) is 1. The second kappa shape index (κ2) is 5.53. The molecule has 8 heteroatoms. The van der Waals surface area contributed by atoms with E-state index >= 15 is 0 Å². The molecule has 0 spiro atoms. The highest BCUT2D eigenvalue weighted by molar-refractivity contribution is 7.92. The number of benzene rings is 1. The molecule has 0 radical (unpaired) electrons. The standard InChI is InChI=1S/C11H11NO6S/c1-19(17,18)12-8-4-2-3-7(5-8)9(13)6-10(14)11(15)16/h2-6,12-13H,1H3,(H,15,16)/b9-6+. The molecule has 0 saturated carbocycles. The van der Waals surface area contributed by atoms with E-state index in [-0.39, 0.29) is 11.3 Å². The Bertz CT molecular complexity index is 647. The molecule has 0 atom stereocenters. The number of nitrogens with one attached hydrogen (secondary N) is 1. The van der Waals surface area contributed by atoms with Crippen molar-refractivity contribution in [3.05, 3.63) is 35.9 Å². The predicted octanol–water partition coefficient (Wildman–Crippen LogP) is 0.611. The van der Waals surface area contributed by atoms with Gasteiger partial charge in [-0.15, -0.1) is 0 Å². The molecule has 0 fully saturated rings. The maximum absolute atomic E-state index is 11.0. The molecule has 102 valence electrons. The van der Waals surface area contributed by atoms with E-state index in [0.717, 1.165) is 6.26 Å². The molecule has 1 rings (SSSR count). The van der Waals surface area contributed by atoms with Crippen molar-refractivity contribution < 1.29 is 28.2 Å². The summed E-state index contributed by atoms with van der Waals surface area (Å²) in [7, 11) is -3.47. The van der Waals surface area contributed by atoms with Crippen LogP contribution >= 0.6 is 0 Å². The van der Waals surface area contributed by atoms with E-state index in [1.165, 1.54) is 24.3 Å². The molecule has 7 nitrogen and oxygen atoms in total. The number of aliphatic hydroxyl groups excluding tert-OH is 1. The maximum atomic E-state index is 11.0. The smallest absolute Gasteiger partial charge is 0.376 e. The summed E-state index contributed by atoms with van der Waals surface area (Å²) in [4.78, 5) is 21.2. The fourth-order valence-electron chi connectivity index (χ4n) is 1.23. The van der Waals surface area contributed by atoms with Crippen molar-refractivity contribution in [2.24, 2.45) is 0 Å². The quantitative estimate of drug-likeness (QED) is 0.414. The molecule has 0 saturated heterocycles. The number of carbonyl (C=O) groups is 2. The average Bonchev–Trinajstić information content (AvgIpc) is 2.26. The minimum atomic E-state index is -3.47. The lowest BCUT2D eigenvalue weighted by Crippen LogP contribution is -2.10. The Labute approximate surface area is 109 Å². The molecule has 0 amide bonds. The van der Waals surface area contributed by atoms with E-state index in [1.807, 2.05) is 0 Å². The van der Waals surface area contributed by atoms with Gasteiger partial charge in [-0.25, -0.2) is 13.2 Å². The first kappa shape index (κ1) is 14.7. The third-order valence-corrected chi connectivity index (χ3v) is 2.55. The van der Waals surface area contributed by atoms with E-state index in [1.54, 1.807) is 0 Å². The molecule has 0 heterocycles. The van der Waals surface area contributed by atoms with Gasteiger partial charge in [0.1, 0.15) is 5.76 Å². The first-order valence-corrected chi connectivity index (χ1v) is 6.84. The molecule has 0 aromatic heterocycles. The normalized spacial score (nSPS) is 11.9. The lowest BCUT2D eigenvalue weighted by molar-refractivity contribution is -0.146. The highest BCUT2D eigenvalue weighted by Gasteiger charge is 2.11. The van der Waals surface area contributed by atoms with Crippen LogP contribution in [-0.2, 0) is 19.6 Å². The summed E-state index contributed by atoms with van der Waals surface area (Å²) < 4.78 is 24.2. The van der Waals surface area contributed by atoms with Crippen molar-refractivity contribution in [1.29, 1.82) is 0 Å². The van der Waals surface area contributed by atoms with Crippen LogP contribution in [0.3, 0.4) is 0 Å². The summed E-state index contributed by atoms with van der Waals surface area (Å²) in [6.07, 6.45) is 1.51. The number of hydrogen-bond acceptors (Lipinski definition) is 5. The van der Waals surface area contributed by atoms with Crippen LogP contribution in [0.25, 0.3) is 5.76 Å². The second-order valence-corrected chi connectivity index (χ2v) is 5.40. The van der Waals surface area contributed by atoms with Crippen molar-refractivity contribution in [2.75, 3.05) is 11.0 Å². The van der Waals surface area contributed by atoms with Gasteiger partial charge < -0.3 is 10.2 Å². The van der Waals surface area contributed by atoms with Gasteiger partial charge in [0.05, 0.1) is 6.26 Å². The summed E-state index contributed by atoms with van der Waals surface area (Å²) in [5.74, 6) is -3.54. The Balaban J connectivity index is 3.06. The molecule has 1 aromatic carbocycles. The van der Waals surface area contributed by atoms with Crippen LogP contribution in [0, 0.1) is 0 Å². The number of hydrogen-bond donors (Lipinski definition) is 3. The van der Waals surface area contributed by atoms with Gasteiger partial charge in [0.25, 0.3) is 5.78 Å². The van der Waals surface area contributed by atoms with Crippen LogP contribution in [0.15, 0.2) is 30.3 Å². The maximum Gasteiger partial charge on any atom is 0.376 e. The Kier molecular flexibility index (Phi) is 4.28. The van der Waals surface area contributed by atoms with Crippen molar-refractivity contribution in [3.63, 3.8) is 0 Å². The number of sulfonamides is 1. The molecule has 0 aliphatic carbocycles. The first-order valence-electron chi connectivity index (χ1n) is 4.95. The third-order valence-electron chi connectivity index (χ3n) is 1.94. The monoisotopic (exact) mass is 285 g/mol. The zero-order valence-electron chi connectivity index (χ0n) is 9.82. The highest BCUT2D eigenvalue weighted by Crippen LogP contribution is 2.17. The summed E-state index contributed by atoms with van der Waals surface area (Å²) in [6, 6.07) is 5.55. The van der Waals surface area contributed by atoms with Crippen LogP contribution in [0.5, 0.6) is 0 Å². The van der Waals surface area contributed by atoms with Gasteiger partial charge in [-0.1, -0.05) is 12.1 Å². The Hall–Kier alpha value is -2.35. The fraction of sp³-hybridized carbons (Fsp3) is 0.0909. The van der Waals surface area contributed by atoms with Gasteiger partial charge in [-0.05, 0) is 12.1 Å². The predicted molar refractivity (Wildman–Crippen MR) is 68.2 cm³/mol. The zero-order valence-corrected chi connectivity index (χ0v) is 10.6. The summed E-state index contributed by atoms with van der Waals surface area (Å²) in [5, 5.41) is 18.0. The molecule has 0 bridgehead atoms. The summed E-state index contributed by atoms with van der Waals surface area (Å²) >= 11 is 0. The lowest BCUT2D eigenvalue weighted by atomic mass is 10.1. The van der Waals surface area contributed by atoms with Crippen LogP contribution in [0.2, 0.25) is 0 Å². The third kappa shape index (κ3) is 4.80. The van der Waals surface area contributed by atoms with Crippen molar-refractivity contribution >= 4 is 33.2 Å². The van der Waals surface area contributed by atoms with E-state index in [2.05, 4.69) is 4.72 Å². The van der Waals surface area contributed by atoms with Gasteiger partial charge in [-0.3, -0.25) is 9.52 Å². The number of ketones is 1. The Morgan fingerprint density at radius 3 is 2.42 bits per heavy atom. The Morgan fingerprint density at radius 2 is 1.89 bits per heavy atom. The molecule has 0 aliphatic rings. The van der Waals surface area contributed by atoms with Gasteiger partial charge in [0.2, 0.25) is 10.0 Å². The number of carboxylic acids is 1. The minimum absolute atomic E-state index is 0.114. The van der Waals surface area contributed by atoms with Gasteiger partial charge >= 0.3 is 5.97 Å². The lowest BCUT2D eigenvalue weighted by Gasteiger charge is -2.06. The van der Waals surface area contributed by atoms with Crippen molar-refractivity contribution in [2.45, 2.75) is 0 Å². The number of aliphatic hydroxyl groups is 1. The largest absolute Gasteiger partial charge is 0.507 e. The minimum Gasteiger partial charge on any atom is -0.507 e. The molecule has 1 aromatic rings. The molecule has 0 unspecified atom stereocenters. The summed E-state index contributed by atoms with van der Waals surface area (Å²) in [5.41, 5.74) is 0.297. The van der Waals surface area contributed by atoms with Gasteiger partial charge in [0.15, 0.2) is 0 Å². The first-order chi connectivity index (χ1) is 8.69. The number of rotatable bonds is 5. The molecule has 0 aliphatic heterocycles. The van der Waals surface area contributed by atoms with E-state index in [0.29, 0.717) is 6.08 Å². The van der Waals surface area contributed by atoms with Crippen LogP contribution in [0.1, 0.15) is 5.56 Å². The number of anilines is 1. The van der Waals surface area contributed by atoms with E-state index in [4.69, 9.17) is 5.11 Å². The SMILES string of the molecule is CS(=O)(=O)Nc1cccc(/C(O)=C\C(=O)C(=O)O)c1. The highest BCUT2D eigenvalue weighted by atomic mass is 32.2. The zero-order chi connectivity index (χ0) is 14.6. The molecular weight excluding hydrogens is 274 g/mol. The number of aliphatic carboxylic acids is 1. The molecule has 3 N–H and O–H groups in total. The van der Waals surface area contributed by atoms with Gasteiger partial charge in [0, 0.05) is 17.3 Å².